The molecule has 2 aromatic carbocycles. The Bertz CT molecular complexity index is 706. The molecule has 0 radical (unpaired) electrons. The van der Waals surface area contributed by atoms with E-state index in [1.807, 2.05) is 38.1 Å². The second-order valence-corrected chi connectivity index (χ2v) is 5.34. The summed E-state index contributed by atoms with van der Waals surface area (Å²) in [5, 5.41) is 3.40. The Kier molecular flexibility index (Phi) is 5.37. The van der Waals surface area contributed by atoms with Crippen LogP contribution in [0, 0.1) is 6.92 Å². The standard InChI is InChI=1S/C21H23N/c1-5-6-12-17(3)22-18(4)21-16(2)11-10-15-20(21)19-13-8-7-9-14-19/h5-15,22H,4H2,1-3H3/b6-5-,17-12+. The first-order valence-corrected chi connectivity index (χ1v) is 7.54. The van der Waals surface area contributed by atoms with Gasteiger partial charge in [-0.1, -0.05) is 67.3 Å². The smallest absolute Gasteiger partial charge is 0.0391 e. The summed E-state index contributed by atoms with van der Waals surface area (Å²) < 4.78 is 0. The lowest BCUT2D eigenvalue weighted by molar-refractivity contribution is 1.08. The molecule has 1 N–H and O–H groups in total. The van der Waals surface area contributed by atoms with Gasteiger partial charge < -0.3 is 5.32 Å². The van der Waals surface area contributed by atoms with Gasteiger partial charge in [0.25, 0.3) is 0 Å². The van der Waals surface area contributed by atoms with Crippen LogP contribution in [-0.4, -0.2) is 0 Å². The summed E-state index contributed by atoms with van der Waals surface area (Å²) in [6.45, 7) is 10.4. The van der Waals surface area contributed by atoms with Crippen molar-refractivity contribution in [3.63, 3.8) is 0 Å². The highest BCUT2D eigenvalue weighted by Gasteiger charge is 2.10. The molecule has 0 unspecified atom stereocenters. The summed E-state index contributed by atoms with van der Waals surface area (Å²) in [6, 6.07) is 16.8. The van der Waals surface area contributed by atoms with Gasteiger partial charge in [0, 0.05) is 17.0 Å². The van der Waals surface area contributed by atoms with E-state index in [1.165, 1.54) is 22.3 Å². The van der Waals surface area contributed by atoms with E-state index in [0.29, 0.717) is 0 Å². The van der Waals surface area contributed by atoms with Gasteiger partial charge in [0.1, 0.15) is 0 Å². The summed E-state index contributed by atoms with van der Waals surface area (Å²) in [5.41, 5.74) is 6.80. The van der Waals surface area contributed by atoms with Crippen LogP contribution in [0.2, 0.25) is 0 Å². The van der Waals surface area contributed by atoms with Crippen molar-refractivity contribution in [1.82, 2.24) is 5.32 Å². The van der Waals surface area contributed by atoms with Crippen LogP contribution < -0.4 is 5.32 Å². The van der Waals surface area contributed by atoms with E-state index < -0.39 is 0 Å². The Labute approximate surface area is 133 Å². The van der Waals surface area contributed by atoms with E-state index in [2.05, 4.69) is 61.3 Å². The molecule has 0 aliphatic carbocycles. The summed E-state index contributed by atoms with van der Waals surface area (Å²) in [6.07, 6.45) is 6.08. The maximum absolute atomic E-state index is 4.24. The first-order chi connectivity index (χ1) is 10.6. The van der Waals surface area contributed by atoms with E-state index in [0.717, 1.165) is 11.4 Å². The van der Waals surface area contributed by atoms with Crippen molar-refractivity contribution in [2.45, 2.75) is 20.8 Å². The van der Waals surface area contributed by atoms with Crippen LogP contribution in [0.5, 0.6) is 0 Å². The summed E-state index contributed by atoms with van der Waals surface area (Å²) in [7, 11) is 0. The normalized spacial score (nSPS) is 11.7. The number of allylic oxidation sites excluding steroid dienone is 4. The summed E-state index contributed by atoms with van der Waals surface area (Å²) in [5.74, 6) is 0. The van der Waals surface area contributed by atoms with Gasteiger partial charge in [0.05, 0.1) is 0 Å². The van der Waals surface area contributed by atoms with Crippen molar-refractivity contribution >= 4 is 5.70 Å². The first kappa shape index (κ1) is 15.8. The molecule has 0 atom stereocenters. The molecule has 0 fully saturated rings. The molecule has 2 rings (SSSR count). The average molecular weight is 289 g/mol. The van der Waals surface area contributed by atoms with Crippen molar-refractivity contribution in [2.75, 3.05) is 0 Å². The third-order valence-corrected chi connectivity index (χ3v) is 3.55. The van der Waals surface area contributed by atoms with Crippen molar-refractivity contribution in [1.29, 1.82) is 0 Å². The third kappa shape index (κ3) is 3.76. The molecule has 2 aromatic rings. The van der Waals surface area contributed by atoms with Gasteiger partial charge in [-0.05, 0) is 43.5 Å². The van der Waals surface area contributed by atoms with Crippen LogP contribution in [-0.2, 0) is 0 Å². The Balaban J connectivity index is 2.40. The quantitative estimate of drug-likeness (QED) is 0.696. The van der Waals surface area contributed by atoms with E-state index in [9.17, 15) is 0 Å². The number of hydrogen-bond donors (Lipinski definition) is 1. The van der Waals surface area contributed by atoms with Gasteiger partial charge >= 0.3 is 0 Å². The molecule has 0 bridgehead atoms. The lowest BCUT2D eigenvalue weighted by Crippen LogP contribution is -2.10. The fraction of sp³-hybridized carbons (Fsp3) is 0.143. The van der Waals surface area contributed by atoms with Crippen LogP contribution in [0.3, 0.4) is 0 Å². The van der Waals surface area contributed by atoms with E-state index >= 15 is 0 Å². The Morgan fingerprint density at radius 1 is 1.05 bits per heavy atom. The van der Waals surface area contributed by atoms with E-state index in [4.69, 9.17) is 0 Å². The molecule has 0 saturated carbocycles. The number of aryl methyl sites for hydroxylation is 1. The molecular weight excluding hydrogens is 266 g/mol. The van der Waals surface area contributed by atoms with Crippen LogP contribution in [0.1, 0.15) is 25.0 Å². The number of rotatable bonds is 5. The lowest BCUT2D eigenvalue weighted by atomic mass is 9.94. The third-order valence-electron chi connectivity index (χ3n) is 3.55. The molecule has 0 aliphatic heterocycles. The van der Waals surface area contributed by atoms with Crippen molar-refractivity contribution in [2.24, 2.45) is 0 Å². The van der Waals surface area contributed by atoms with E-state index in [-0.39, 0.29) is 0 Å². The molecule has 0 heterocycles. The first-order valence-electron chi connectivity index (χ1n) is 7.54. The van der Waals surface area contributed by atoms with Crippen molar-refractivity contribution < 1.29 is 0 Å². The predicted octanol–water partition coefficient (Wildman–Crippen LogP) is 5.70. The van der Waals surface area contributed by atoms with Gasteiger partial charge in [-0.15, -0.1) is 0 Å². The van der Waals surface area contributed by atoms with Crippen LogP contribution in [0.4, 0.5) is 0 Å². The molecule has 0 amide bonds. The fourth-order valence-electron chi connectivity index (χ4n) is 2.51. The molecule has 0 saturated heterocycles. The second-order valence-electron chi connectivity index (χ2n) is 5.34. The minimum atomic E-state index is 0.926. The predicted molar refractivity (Wildman–Crippen MR) is 97.4 cm³/mol. The van der Waals surface area contributed by atoms with Crippen molar-refractivity contribution in [3.05, 3.63) is 90.2 Å². The van der Waals surface area contributed by atoms with Crippen LogP contribution in [0.15, 0.2) is 79.0 Å². The summed E-state index contributed by atoms with van der Waals surface area (Å²) >= 11 is 0. The molecule has 1 heteroatoms. The topological polar surface area (TPSA) is 12.0 Å². The largest absolute Gasteiger partial charge is 0.359 e. The highest BCUT2D eigenvalue weighted by molar-refractivity contribution is 5.82. The van der Waals surface area contributed by atoms with Crippen LogP contribution >= 0.6 is 0 Å². The zero-order valence-electron chi connectivity index (χ0n) is 13.6. The second kappa shape index (κ2) is 7.46. The lowest BCUT2D eigenvalue weighted by Gasteiger charge is -2.17. The SMILES string of the molecule is C=C(N/C(C)=C/C=C\C)c1c(C)cccc1-c1ccccc1. The molecule has 0 aliphatic rings. The molecular formula is C21H23N. The fourth-order valence-corrected chi connectivity index (χ4v) is 2.51. The zero-order chi connectivity index (χ0) is 15.9. The number of nitrogens with one attached hydrogen (secondary N) is 1. The maximum Gasteiger partial charge on any atom is 0.0391 e. The van der Waals surface area contributed by atoms with Gasteiger partial charge in [0.2, 0.25) is 0 Å². The zero-order valence-corrected chi connectivity index (χ0v) is 13.6. The Morgan fingerprint density at radius 3 is 2.45 bits per heavy atom. The molecule has 0 spiro atoms. The number of benzene rings is 2. The van der Waals surface area contributed by atoms with Gasteiger partial charge in [-0.25, -0.2) is 0 Å². The Hall–Kier alpha value is -2.54. The summed E-state index contributed by atoms with van der Waals surface area (Å²) in [4.78, 5) is 0. The minimum absolute atomic E-state index is 0.926. The van der Waals surface area contributed by atoms with Gasteiger partial charge in [0.15, 0.2) is 0 Å². The van der Waals surface area contributed by atoms with Crippen molar-refractivity contribution in [3.8, 4) is 11.1 Å². The number of hydrogen-bond acceptors (Lipinski definition) is 1. The molecule has 1 nitrogen and oxygen atoms in total. The molecule has 22 heavy (non-hydrogen) atoms. The highest BCUT2D eigenvalue weighted by Crippen LogP contribution is 2.30. The van der Waals surface area contributed by atoms with E-state index in [1.54, 1.807) is 0 Å². The highest BCUT2D eigenvalue weighted by atomic mass is 14.9. The van der Waals surface area contributed by atoms with Gasteiger partial charge in [-0.2, -0.15) is 0 Å². The van der Waals surface area contributed by atoms with Crippen LogP contribution in [0.25, 0.3) is 16.8 Å². The molecule has 112 valence electrons. The average Bonchev–Trinajstić information content (AvgIpc) is 2.53. The minimum Gasteiger partial charge on any atom is -0.359 e. The monoisotopic (exact) mass is 289 g/mol. The molecule has 0 aromatic heterocycles. The van der Waals surface area contributed by atoms with Gasteiger partial charge in [-0.3, -0.25) is 0 Å². The Morgan fingerprint density at radius 2 is 1.77 bits per heavy atom. The maximum atomic E-state index is 4.24.